The van der Waals surface area contributed by atoms with Crippen molar-refractivity contribution in [3.8, 4) is 10.4 Å². The van der Waals surface area contributed by atoms with Crippen molar-refractivity contribution >= 4 is 67.9 Å². The zero-order chi connectivity index (χ0) is 45.0. The number of ether oxygens (including phenoxy) is 4. The summed E-state index contributed by atoms with van der Waals surface area (Å²) >= 11 is 8.03. The molecule has 0 bridgehead atoms. The Kier molecular flexibility index (Phi) is 16.5. The lowest BCUT2D eigenvalue weighted by molar-refractivity contribution is -0.122. The lowest BCUT2D eigenvalue weighted by atomic mass is 9.97. The van der Waals surface area contributed by atoms with E-state index in [-0.39, 0.29) is 28.9 Å². The number of carbonyl (C=O) groups excluding carboxylic acids is 2. The van der Waals surface area contributed by atoms with Gasteiger partial charge in [0.05, 0.1) is 82.3 Å². The van der Waals surface area contributed by atoms with Crippen LogP contribution in [0.15, 0.2) is 84.3 Å². The second-order valence-electron chi connectivity index (χ2n) is 15.6. The Morgan fingerprint density at radius 1 is 0.875 bits per heavy atom. The van der Waals surface area contributed by atoms with Crippen LogP contribution in [0.3, 0.4) is 0 Å². The van der Waals surface area contributed by atoms with Crippen molar-refractivity contribution in [3.05, 3.63) is 122 Å². The first-order valence-electron chi connectivity index (χ1n) is 21.5. The van der Waals surface area contributed by atoms with E-state index in [1.54, 1.807) is 29.1 Å². The summed E-state index contributed by atoms with van der Waals surface area (Å²) in [6, 6.07) is 20.8. The van der Waals surface area contributed by atoms with Crippen molar-refractivity contribution in [2.24, 2.45) is 7.05 Å². The monoisotopic (exact) mass is 909 g/mol. The second-order valence-corrected chi connectivity index (χ2v) is 17.3. The van der Waals surface area contributed by atoms with Crippen molar-refractivity contribution in [2.45, 2.75) is 33.4 Å². The van der Waals surface area contributed by atoms with E-state index in [9.17, 15) is 14.4 Å². The number of aromatic nitrogens is 3. The number of nitrogens with zero attached hydrogens (tertiary/aromatic N) is 4. The van der Waals surface area contributed by atoms with Gasteiger partial charge in [-0.25, -0.2) is 4.68 Å². The van der Waals surface area contributed by atoms with Gasteiger partial charge in [-0.05, 0) is 84.5 Å². The summed E-state index contributed by atoms with van der Waals surface area (Å²) in [6.07, 6.45) is 3.66. The second kappa shape index (κ2) is 22.6. The number of aryl methyl sites for hydroxylation is 3. The molecule has 0 radical (unpaired) electrons. The number of fused-ring (bicyclic) bond motifs is 4. The van der Waals surface area contributed by atoms with Crippen molar-refractivity contribution in [3.63, 3.8) is 0 Å². The Morgan fingerprint density at radius 2 is 1.61 bits per heavy atom. The molecule has 6 aromatic rings. The summed E-state index contributed by atoms with van der Waals surface area (Å²) in [7, 11) is 1.56. The van der Waals surface area contributed by atoms with Crippen LogP contribution in [0.4, 0.5) is 11.4 Å². The molecule has 16 heteroatoms. The quantitative estimate of drug-likeness (QED) is 0.0461. The molecule has 1 aliphatic rings. The Hall–Kier alpha value is -5.23. The van der Waals surface area contributed by atoms with E-state index in [4.69, 9.17) is 30.5 Å². The molecule has 1 aliphatic heterocycles. The number of hydrogen-bond acceptors (Lipinski definition) is 12. The molecule has 1 amide bonds. The van der Waals surface area contributed by atoms with Gasteiger partial charge in [-0.15, -0.1) is 11.3 Å². The van der Waals surface area contributed by atoms with Gasteiger partial charge in [0.2, 0.25) is 5.91 Å². The highest BCUT2D eigenvalue weighted by Crippen LogP contribution is 2.36. The highest BCUT2D eigenvalue weighted by Gasteiger charge is 2.22. The molecule has 338 valence electrons. The predicted molar refractivity (Wildman–Crippen MR) is 254 cm³/mol. The van der Waals surface area contributed by atoms with Crippen molar-refractivity contribution in [2.75, 3.05) is 84.4 Å². The Labute approximate surface area is 382 Å². The van der Waals surface area contributed by atoms with Crippen LogP contribution in [-0.2, 0) is 50.3 Å². The predicted octanol–water partition coefficient (Wildman–Crippen LogP) is 6.79. The highest BCUT2D eigenvalue weighted by atomic mass is 35.5. The number of amides is 1. The first-order valence-corrected chi connectivity index (χ1v) is 22.7. The van der Waals surface area contributed by atoms with Crippen LogP contribution in [0.2, 0.25) is 5.02 Å². The fraction of sp³-hybridized carbons (Fsp3) is 0.375. The fourth-order valence-electron chi connectivity index (χ4n) is 7.70. The summed E-state index contributed by atoms with van der Waals surface area (Å²) in [6.45, 7) is 15.1. The van der Waals surface area contributed by atoms with Gasteiger partial charge in [-0.2, -0.15) is 5.10 Å². The molecule has 0 spiro atoms. The van der Waals surface area contributed by atoms with E-state index in [0.29, 0.717) is 84.7 Å². The molecule has 7 rings (SSSR count). The molecule has 3 N–H and O–H groups in total. The minimum Gasteiger partial charge on any atom is -0.378 e. The van der Waals surface area contributed by atoms with Crippen LogP contribution >= 0.6 is 22.9 Å². The van der Waals surface area contributed by atoms with E-state index in [2.05, 4.69) is 88.8 Å². The summed E-state index contributed by atoms with van der Waals surface area (Å²) < 4.78 is 25.5. The van der Waals surface area contributed by atoms with Gasteiger partial charge < -0.3 is 34.9 Å². The third-order valence-corrected chi connectivity index (χ3v) is 12.7. The standard InChI is InChI=1S/C48H56ClN7O7S/c1-5-46(58)56-42-12-9-34(26-39(42)38-11-10-35(27-43(38)56)44-25-32(2)33(3)64-44)28-50-14-17-60-19-21-62-23-24-63-22-20-61-18-15-51-45(57)31-55-16-13-37-36(30-55)7-6-8-40(37)53-41-29-52-54(4)48(59)47(41)49/h5-12,25-27,29,50,53H,1,13-24,28,30-31H2,2-4H3,(H,51,57). The number of thiophene rings is 1. The topological polar surface area (TPSA) is 150 Å². The van der Waals surface area contributed by atoms with Crippen molar-refractivity contribution < 1.29 is 28.5 Å². The van der Waals surface area contributed by atoms with Gasteiger partial charge in [0.1, 0.15) is 5.02 Å². The zero-order valence-electron chi connectivity index (χ0n) is 36.7. The van der Waals surface area contributed by atoms with Gasteiger partial charge >= 0.3 is 0 Å². The van der Waals surface area contributed by atoms with Crippen molar-refractivity contribution in [1.82, 2.24) is 29.9 Å². The average molecular weight is 911 g/mol. The third-order valence-electron chi connectivity index (χ3n) is 11.2. The first-order chi connectivity index (χ1) is 31.1. The van der Waals surface area contributed by atoms with Crippen LogP contribution in [0.1, 0.15) is 31.9 Å². The van der Waals surface area contributed by atoms with E-state index >= 15 is 0 Å². The Balaban J connectivity index is 0.701. The zero-order valence-corrected chi connectivity index (χ0v) is 38.2. The Morgan fingerprint density at radius 3 is 2.33 bits per heavy atom. The number of benzene rings is 3. The molecular weight excluding hydrogens is 854 g/mol. The summed E-state index contributed by atoms with van der Waals surface area (Å²) in [5.74, 6) is -0.202. The molecule has 0 unspecified atom stereocenters. The van der Waals surface area contributed by atoms with Gasteiger partial charge in [-0.3, -0.25) is 23.9 Å². The van der Waals surface area contributed by atoms with E-state index in [1.807, 2.05) is 18.2 Å². The van der Waals surface area contributed by atoms with Gasteiger partial charge in [0.25, 0.3) is 11.5 Å². The average Bonchev–Trinajstić information content (AvgIpc) is 3.81. The molecule has 0 saturated heterocycles. The third kappa shape index (κ3) is 11.7. The molecule has 0 saturated carbocycles. The van der Waals surface area contributed by atoms with E-state index in [0.717, 1.165) is 62.7 Å². The number of carbonyl (C=O) groups is 2. The largest absolute Gasteiger partial charge is 0.378 e. The number of rotatable bonds is 23. The summed E-state index contributed by atoms with van der Waals surface area (Å²) in [4.78, 5) is 42.5. The minimum atomic E-state index is -0.363. The molecular formula is C48H56ClN7O7S. The smallest absolute Gasteiger partial charge is 0.287 e. The number of halogens is 1. The maximum Gasteiger partial charge on any atom is 0.287 e. The van der Waals surface area contributed by atoms with E-state index < -0.39 is 0 Å². The number of allylic oxidation sites excluding steroid dienone is 1. The van der Waals surface area contributed by atoms with Crippen LogP contribution in [-0.4, -0.2) is 110 Å². The fourth-order valence-corrected chi connectivity index (χ4v) is 8.95. The SMILES string of the molecule is C=CC(=O)n1c2ccc(CNCCOCCOCCOCCOCCNC(=O)CN3CCc4c(cccc4Nc4cnn(C)c(=O)c4Cl)C3)cc2c2ccc(-c3cc(C)c(C)s3)cc21. The first kappa shape index (κ1) is 46.8. The molecule has 64 heavy (non-hydrogen) atoms. The van der Waals surface area contributed by atoms with Gasteiger partial charge in [0, 0.05) is 66.0 Å². The number of anilines is 2. The summed E-state index contributed by atoms with van der Waals surface area (Å²) in [5.41, 5.74) is 8.47. The maximum absolute atomic E-state index is 13.0. The maximum atomic E-state index is 13.0. The van der Waals surface area contributed by atoms with Gasteiger partial charge in [-0.1, -0.05) is 48.5 Å². The van der Waals surface area contributed by atoms with Crippen LogP contribution in [0.25, 0.3) is 32.2 Å². The lowest BCUT2D eigenvalue weighted by Gasteiger charge is -2.29. The summed E-state index contributed by atoms with van der Waals surface area (Å²) in [5, 5.41) is 15.9. The Bertz CT molecular complexity index is 2640. The lowest BCUT2D eigenvalue weighted by Crippen LogP contribution is -2.40. The molecule has 3 aromatic heterocycles. The molecule has 0 atom stereocenters. The molecule has 0 fully saturated rings. The normalized spacial score (nSPS) is 12.8. The molecule has 0 aliphatic carbocycles. The highest BCUT2D eigenvalue weighted by molar-refractivity contribution is 7.15. The molecule has 3 aromatic carbocycles. The number of nitrogens with one attached hydrogen (secondary N) is 3. The van der Waals surface area contributed by atoms with Crippen LogP contribution in [0.5, 0.6) is 0 Å². The van der Waals surface area contributed by atoms with E-state index in [1.165, 1.54) is 26.1 Å². The number of hydrogen-bond donors (Lipinski definition) is 3. The minimum absolute atomic E-state index is 0.0550. The van der Waals surface area contributed by atoms with Crippen molar-refractivity contribution in [1.29, 1.82) is 0 Å². The molecule has 4 heterocycles. The van der Waals surface area contributed by atoms with Crippen LogP contribution in [0, 0.1) is 13.8 Å². The van der Waals surface area contributed by atoms with Crippen LogP contribution < -0.4 is 21.5 Å². The van der Waals surface area contributed by atoms with Gasteiger partial charge in [0.15, 0.2) is 0 Å². The molecule has 14 nitrogen and oxygen atoms in total.